The van der Waals surface area contributed by atoms with E-state index in [2.05, 4.69) is 56.9 Å². The Balaban J connectivity index is 1.62. The molecule has 5 nitrogen and oxygen atoms in total. The maximum atomic E-state index is 12.2. The minimum Gasteiger partial charge on any atom is -0.373 e. The number of rotatable bonds is 4. The number of aromatic nitrogens is 1. The summed E-state index contributed by atoms with van der Waals surface area (Å²) in [5, 5.41) is 6.56. The smallest absolute Gasteiger partial charge is 0.220 e. The molecule has 2 aliphatic heterocycles. The normalized spacial score (nSPS) is 26.0. The highest BCUT2D eigenvalue weighted by molar-refractivity contribution is 5.78. The number of hydrogen-bond acceptors (Lipinski definition) is 4. The highest BCUT2D eigenvalue weighted by Gasteiger charge is 2.49. The number of carbonyl (C=O) groups excluding carboxylic acids is 1. The lowest BCUT2D eigenvalue weighted by Crippen LogP contribution is -2.56. The van der Waals surface area contributed by atoms with E-state index in [1.807, 2.05) is 19.3 Å². The zero-order valence-corrected chi connectivity index (χ0v) is 15.2. The Labute approximate surface area is 154 Å². The number of benzene rings is 1. The van der Waals surface area contributed by atoms with Crippen LogP contribution in [0, 0.1) is 0 Å². The van der Waals surface area contributed by atoms with Gasteiger partial charge in [-0.25, -0.2) is 4.98 Å². The number of hydrogen-bond donors (Lipinski definition) is 2. The highest BCUT2D eigenvalue weighted by Crippen LogP contribution is 2.41. The molecule has 1 aromatic carbocycles. The van der Waals surface area contributed by atoms with Crippen molar-refractivity contribution in [2.24, 2.45) is 0 Å². The summed E-state index contributed by atoms with van der Waals surface area (Å²) in [6.07, 6.45) is 4.48. The van der Waals surface area contributed by atoms with E-state index in [1.54, 1.807) is 0 Å². The molecular weight excluding hydrogens is 324 g/mol. The van der Waals surface area contributed by atoms with Gasteiger partial charge in [-0.05, 0) is 24.5 Å². The van der Waals surface area contributed by atoms with Gasteiger partial charge in [-0.3, -0.25) is 9.69 Å². The summed E-state index contributed by atoms with van der Waals surface area (Å²) in [5.41, 5.74) is 2.36. The second kappa shape index (κ2) is 7.08. The number of carbonyl (C=O) groups is 1. The van der Waals surface area contributed by atoms with Crippen LogP contribution in [0.25, 0.3) is 0 Å². The van der Waals surface area contributed by atoms with Crippen LogP contribution >= 0.6 is 0 Å². The second-order valence-corrected chi connectivity index (χ2v) is 7.45. The quantitative estimate of drug-likeness (QED) is 0.890. The molecule has 0 bridgehead atoms. The third-order valence-electron chi connectivity index (χ3n) is 5.75. The Kier molecular flexibility index (Phi) is 4.64. The molecule has 5 heteroatoms. The fourth-order valence-electron chi connectivity index (χ4n) is 4.62. The second-order valence-electron chi connectivity index (χ2n) is 7.45. The van der Waals surface area contributed by atoms with Gasteiger partial charge < -0.3 is 10.6 Å². The van der Waals surface area contributed by atoms with E-state index in [0.29, 0.717) is 12.3 Å². The SMILES string of the molecule is CNc1ncccc1CN1C[C@@H](c2ccccc2)[C@@]2(CCCC(=O)N2)C1. The molecule has 2 saturated heterocycles. The Hall–Kier alpha value is -2.40. The summed E-state index contributed by atoms with van der Waals surface area (Å²) in [6, 6.07) is 14.7. The van der Waals surface area contributed by atoms with E-state index < -0.39 is 0 Å². The summed E-state index contributed by atoms with van der Waals surface area (Å²) < 4.78 is 0. The molecule has 0 unspecified atom stereocenters. The van der Waals surface area contributed by atoms with Crippen LogP contribution in [0.3, 0.4) is 0 Å². The van der Waals surface area contributed by atoms with Gasteiger partial charge in [0.2, 0.25) is 5.91 Å². The fourth-order valence-corrected chi connectivity index (χ4v) is 4.62. The van der Waals surface area contributed by atoms with Gasteiger partial charge in [0, 0.05) is 50.8 Å². The maximum Gasteiger partial charge on any atom is 0.220 e. The van der Waals surface area contributed by atoms with Crippen molar-refractivity contribution >= 4 is 11.7 Å². The number of likely N-dealkylation sites (tertiary alicyclic amines) is 1. The van der Waals surface area contributed by atoms with Crippen LogP contribution in [-0.4, -0.2) is 41.5 Å². The molecule has 2 atom stereocenters. The van der Waals surface area contributed by atoms with Gasteiger partial charge >= 0.3 is 0 Å². The summed E-state index contributed by atoms with van der Waals surface area (Å²) in [7, 11) is 1.91. The monoisotopic (exact) mass is 350 g/mol. The van der Waals surface area contributed by atoms with Gasteiger partial charge in [0.1, 0.15) is 5.82 Å². The van der Waals surface area contributed by atoms with Crippen LogP contribution in [0.15, 0.2) is 48.7 Å². The molecule has 0 aliphatic carbocycles. The molecule has 2 fully saturated rings. The third-order valence-corrected chi connectivity index (χ3v) is 5.75. The zero-order valence-electron chi connectivity index (χ0n) is 15.2. The minimum absolute atomic E-state index is 0.154. The van der Waals surface area contributed by atoms with Crippen molar-refractivity contribution < 1.29 is 4.79 Å². The molecule has 1 spiro atoms. The molecule has 0 radical (unpaired) electrons. The van der Waals surface area contributed by atoms with E-state index in [0.717, 1.165) is 38.3 Å². The Morgan fingerprint density at radius 3 is 2.88 bits per heavy atom. The topological polar surface area (TPSA) is 57.3 Å². The van der Waals surface area contributed by atoms with E-state index in [9.17, 15) is 4.79 Å². The first-order chi connectivity index (χ1) is 12.7. The molecule has 1 aromatic heterocycles. The van der Waals surface area contributed by atoms with Crippen molar-refractivity contribution in [3.05, 3.63) is 59.8 Å². The number of anilines is 1. The molecule has 1 amide bonds. The molecule has 2 aromatic rings. The van der Waals surface area contributed by atoms with Crippen molar-refractivity contribution in [2.45, 2.75) is 37.3 Å². The van der Waals surface area contributed by atoms with E-state index in [4.69, 9.17) is 0 Å². The number of nitrogens with zero attached hydrogens (tertiary/aromatic N) is 2. The van der Waals surface area contributed by atoms with Crippen LogP contribution in [0.4, 0.5) is 5.82 Å². The largest absolute Gasteiger partial charge is 0.373 e. The predicted molar refractivity (Wildman–Crippen MR) is 103 cm³/mol. The molecule has 2 aliphatic rings. The zero-order chi connectivity index (χ0) is 18.0. The van der Waals surface area contributed by atoms with Crippen molar-refractivity contribution in [1.29, 1.82) is 0 Å². The van der Waals surface area contributed by atoms with Gasteiger partial charge in [0.25, 0.3) is 0 Å². The molecule has 4 rings (SSSR count). The van der Waals surface area contributed by atoms with Crippen LogP contribution in [-0.2, 0) is 11.3 Å². The van der Waals surface area contributed by atoms with Gasteiger partial charge in [0.15, 0.2) is 0 Å². The average Bonchev–Trinajstić information content (AvgIpc) is 2.99. The van der Waals surface area contributed by atoms with Crippen molar-refractivity contribution in [3.63, 3.8) is 0 Å². The molecule has 0 saturated carbocycles. The Morgan fingerprint density at radius 1 is 1.27 bits per heavy atom. The van der Waals surface area contributed by atoms with Crippen molar-refractivity contribution in [2.75, 3.05) is 25.5 Å². The molecule has 3 heterocycles. The maximum absolute atomic E-state index is 12.2. The summed E-state index contributed by atoms with van der Waals surface area (Å²) >= 11 is 0. The Morgan fingerprint density at radius 2 is 2.12 bits per heavy atom. The van der Waals surface area contributed by atoms with Crippen LogP contribution in [0.5, 0.6) is 0 Å². The number of piperidine rings is 1. The molecule has 26 heavy (non-hydrogen) atoms. The summed E-state index contributed by atoms with van der Waals surface area (Å²) in [4.78, 5) is 19.1. The summed E-state index contributed by atoms with van der Waals surface area (Å²) in [6.45, 7) is 2.67. The first-order valence-corrected chi connectivity index (χ1v) is 9.40. The first-order valence-electron chi connectivity index (χ1n) is 9.40. The average molecular weight is 350 g/mol. The lowest BCUT2D eigenvalue weighted by atomic mass is 9.76. The van der Waals surface area contributed by atoms with E-state index in [-0.39, 0.29) is 11.4 Å². The van der Waals surface area contributed by atoms with Gasteiger partial charge in [-0.15, -0.1) is 0 Å². The van der Waals surface area contributed by atoms with Gasteiger partial charge in [-0.2, -0.15) is 0 Å². The third kappa shape index (κ3) is 3.19. The minimum atomic E-state index is -0.154. The van der Waals surface area contributed by atoms with Crippen LogP contribution in [0.2, 0.25) is 0 Å². The predicted octanol–water partition coefficient (Wildman–Crippen LogP) is 2.76. The standard InChI is InChI=1S/C21H26N4O/c1-22-20-17(9-6-12-23-20)13-25-14-18(16-7-3-2-4-8-16)21(15-25)11-5-10-19(26)24-21/h2-4,6-9,12,18H,5,10-11,13-15H2,1H3,(H,22,23)(H,24,26)/t18-,21+/m0/s1. The van der Waals surface area contributed by atoms with Crippen LogP contribution < -0.4 is 10.6 Å². The van der Waals surface area contributed by atoms with Gasteiger partial charge in [0.05, 0.1) is 5.54 Å². The van der Waals surface area contributed by atoms with Gasteiger partial charge in [-0.1, -0.05) is 36.4 Å². The Bertz CT molecular complexity index is 779. The van der Waals surface area contributed by atoms with Crippen molar-refractivity contribution in [1.82, 2.24) is 15.2 Å². The molecule has 136 valence electrons. The molecular formula is C21H26N4O. The number of nitrogens with one attached hydrogen (secondary N) is 2. The van der Waals surface area contributed by atoms with E-state index >= 15 is 0 Å². The fraction of sp³-hybridized carbons (Fsp3) is 0.429. The first kappa shape index (κ1) is 17.0. The lowest BCUT2D eigenvalue weighted by molar-refractivity contribution is -0.125. The van der Waals surface area contributed by atoms with E-state index in [1.165, 1.54) is 11.1 Å². The number of pyridine rings is 1. The molecule has 2 N–H and O–H groups in total. The number of amides is 1. The summed E-state index contributed by atoms with van der Waals surface area (Å²) in [5.74, 6) is 1.44. The van der Waals surface area contributed by atoms with Crippen molar-refractivity contribution in [3.8, 4) is 0 Å². The van der Waals surface area contributed by atoms with Crippen LogP contribution in [0.1, 0.15) is 36.3 Å². The highest BCUT2D eigenvalue weighted by atomic mass is 16.1. The lowest BCUT2D eigenvalue weighted by Gasteiger charge is -2.39.